The third-order valence-electron chi connectivity index (χ3n) is 5.53. The standard InChI is InChI=1S/C23H24F2N4OS/c1-2-29-12-10-23(11-13-29)27-21(16-6-4-3-5-7-16)22(28-23)31-15-20(30)26-19-9-8-17(24)14-18(19)25/h3-9,14H,2,10-13,15H2,1H3,(H,26,30). The van der Waals surface area contributed by atoms with Crippen molar-refractivity contribution in [2.45, 2.75) is 25.4 Å². The summed E-state index contributed by atoms with van der Waals surface area (Å²) in [5.74, 6) is -1.82. The Morgan fingerprint density at radius 1 is 1.13 bits per heavy atom. The van der Waals surface area contributed by atoms with Crippen LogP contribution in [0.3, 0.4) is 0 Å². The molecular formula is C23H24F2N4OS. The highest BCUT2D eigenvalue weighted by molar-refractivity contribution is 8.16. The Labute approximate surface area is 184 Å². The van der Waals surface area contributed by atoms with E-state index >= 15 is 0 Å². The fraction of sp³-hybridized carbons (Fsp3) is 0.348. The zero-order chi connectivity index (χ0) is 21.8. The summed E-state index contributed by atoms with van der Waals surface area (Å²) in [6.07, 6.45) is 1.68. The number of carbonyl (C=O) groups excluding carboxylic acids is 1. The van der Waals surface area contributed by atoms with E-state index < -0.39 is 17.3 Å². The Hall–Kier alpha value is -2.58. The molecule has 1 fully saturated rings. The number of thioether (sulfide) groups is 1. The number of anilines is 1. The highest BCUT2D eigenvalue weighted by Gasteiger charge is 2.39. The van der Waals surface area contributed by atoms with Crippen LogP contribution in [0.4, 0.5) is 14.5 Å². The topological polar surface area (TPSA) is 57.1 Å². The molecule has 0 aliphatic carbocycles. The molecule has 2 aromatic rings. The van der Waals surface area contributed by atoms with Crippen LogP contribution in [0.15, 0.2) is 58.5 Å². The predicted octanol–water partition coefficient (Wildman–Crippen LogP) is 4.35. The zero-order valence-electron chi connectivity index (χ0n) is 17.3. The van der Waals surface area contributed by atoms with Crippen molar-refractivity contribution in [3.05, 3.63) is 65.7 Å². The summed E-state index contributed by atoms with van der Waals surface area (Å²) in [5.41, 5.74) is 1.25. The smallest absolute Gasteiger partial charge is 0.234 e. The van der Waals surface area contributed by atoms with Gasteiger partial charge in [-0.1, -0.05) is 49.0 Å². The molecule has 162 valence electrons. The number of rotatable bonds is 5. The Balaban J connectivity index is 1.49. The van der Waals surface area contributed by atoms with Crippen molar-refractivity contribution in [2.75, 3.05) is 30.7 Å². The lowest BCUT2D eigenvalue weighted by Gasteiger charge is -2.34. The fourth-order valence-corrected chi connectivity index (χ4v) is 4.64. The van der Waals surface area contributed by atoms with Gasteiger partial charge >= 0.3 is 0 Å². The van der Waals surface area contributed by atoms with Crippen molar-refractivity contribution in [3.8, 4) is 0 Å². The lowest BCUT2D eigenvalue weighted by molar-refractivity contribution is -0.113. The minimum absolute atomic E-state index is 0.0410. The number of halogens is 2. The summed E-state index contributed by atoms with van der Waals surface area (Å²) in [6.45, 7) is 5.04. The van der Waals surface area contributed by atoms with Crippen molar-refractivity contribution < 1.29 is 13.6 Å². The number of hydrogen-bond donors (Lipinski definition) is 1. The van der Waals surface area contributed by atoms with Gasteiger partial charge in [0.05, 0.1) is 17.2 Å². The van der Waals surface area contributed by atoms with Crippen LogP contribution >= 0.6 is 11.8 Å². The number of hydrogen-bond acceptors (Lipinski definition) is 5. The third-order valence-corrected chi connectivity index (χ3v) is 6.49. The number of aliphatic imine (C=N–C) groups is 2. The van der Waals surface area contributed by atoms with E-state index in [1.165, 1.54) is 17.8 Å². The van der Waals surface area contributed by atoms with Gasteiger partial charge in [0, 0.05) is 37.6 Å². The van der Waals surface area contributed by atoms with Crippen LogP contribution in [0.1, 0.15) is 25.3 Å². The van der Waals surface area contributed by atoms with Crippen molar-refractivity contribution in [1.29, 1.82) is 0 Å². The van der Waals surface area contributed by atoms with Crippen LogP contribution in [-0.2, 0) is 4.79 Å². The van der Waals surface area contributed by atoms with Crippen LogP contribution in [0.2, 0.25) is 0 Å². The van der Waals surface area contributed by atoms with Crippen molar-refractivity contribution in [1.82, 2.24) is 4.90 Å². The molecule has 0 saturated carbocycles. The second kappa shape index (κ2) is 9.28. The highest BCUT2D eigenvalue weighted by Crippen LogP contribution is 2.35. The first-order valence-electron chi connectivity index (χ1n) is 10.3. The van der Waals surface area contributed by atoms with Gasteiger partial charge in [-0.2, -0.15) is 0 Å². The Kier molecular flexibility index (Phi) is 6.48. The van der Waals surface area contributed by atoms with Gasteiger partial charge in [-0.05, 0) is 18.7 Å². The molecule has 0 radical (unpaired) electrons. The van der Waals surface area contributed by atoms with Crippen LogP contribution < -0.4 is 5.32 Å². The van der Waals surface area contributed by atoms with Crippen LogP contribution in [0.25, 0.3) is 0 Å². The van der Waals surface area contributed by atoms with Crippen molar-refractivity contribution >= 4 is 34.1 Å². The lowest BCUT2D eigenvalue weighted by atomic mass is 9.98. The summed E-state index contributed by atoms with van der Waals surface area (Å²) in [5, 5.41) is 3.23. The molecule has 1 spiro atoms. The monoisotopic (exact) mass is 442 g/mol. The normalized spacial score (nSPS) is 18.0. The van der Waals surface area contributed by atoms with E-state index in [1.54, 1.807) is 0 Å². The molecule has 2 heterocycles. The lowest BCUT2D eigenvalue weighted by Crippen LogP contribution is -2.41. The summed E-state index contributed by atoms with van der Waals surface area (Å²) in [4.78, 5) is 24.8. The van der Waals surface area contributed by atoms with E-state index in [4.69, 9.17) is 9.98 Å². The first-order chi connectivity index (χ1) is 15.0. The molecule has 1 N–H and O–H groups in total. The molecule has 5 nitrogen and oxygen atoms in total. The SMILES string of the molecule is CCN1CCC2(CC1)N=C(SCC(=O)Nc1ccc(F)cc1F)C(c1ccccc1)=N2. The van der Waals surface area contributed by atoms with E-state index in [0.29, 0.717) is 0 Å². The molecule has 0 atom stereocenters. The van der Waals surface area contributed by atoms with E-state index in [-0.39, 0.29) is 17.3 Å². The van der Waals surface area contributed by atoms with Gasteiger partial charge in [0.25, 0.3) is 0 Å². The van der Waals surface area contributed by atoms with Gasteiger partial charge in [-0.25, -0.2) is 13.8 Å². The Morgan fingerprint density at radius 2 is 1.87 bits per heavy atom. The van der Waals surface area contributed by atoms with Gasteiger partial charge in [0.1, 0.15) is 16.7 Å². The Bertz CT molecular complexity index is 1020. The van der Waals surface area contributed by atoms with E-state index in [1.807, 2.05) is 30.3 Å². The molecule has 0 aromatic heterocycles. The minimum Gasteiger partial charge on any atom is -0.323 e. The zero-order valence-corrected chi connectivity index (χ0v) is 18.1. The molecular weight excluding hydrogens is 418 g/mol. The molecule has 2 aliphatic rings. The fourth-order valence-electron chi connectivity index (χ4n) is 3.77. The highest BCUT2D eigenvalue weighted by atomic mass is 32.2. The van der Waals surface area contributed by atoms with Gasteiger partial charge in [0.2, 0.25) is 5.91 Å². The molecule has 1 saturated heterocycles. The number of benzene rings is 2. The number of nitrogens with one attached hydrogen (secondary N) is 1. The number of likely N-dealkylation sites (tertiary alicyclic amines) is 1. The second-order valence-corrected chi connectivity index (χ2v) is 8.59. The summed E-state index contributed by atoms with van der Waals surface area (Å²) < 4.78 is 26.9. The predicted molar refractivity (Wildman–Crippen MR) is 122 cm³/mol. The number of amides is 1. The third kappa shape index (κ3) is 5.02. The van der Waals surface area contributed by atoms with Crippen LogP contribution in [-0.4, -0.2) is 52.6 Å². The largest absolute Gasteiger partial charge is 0.323 e. The summed E-state index contributed by atoms with van der Waals surface area (Å²) in [6, 6.07) is 12.9. The molecule has 31 heavy (non-hydrogen) atoms. The maximum Gasteiger partial charge on any atom is 0.234 e. The maximum absolute atomic E-state index is 13.8. The molecule has 0 unspecified atom stereocenters. The van der Waals surface area contributed by atoms with E-state index in [2.05, 4.69) is 17.1 Å². The van der Waals surface area contributed by atoms with Crippen molar-refractivity contribution in [3.63, 3.8) is 0 Å². The number of carbonyl (C=O) groups is 1. The van der Waals surface area contributed by atoms with Gasteiger partial charge in [-0.15, -0.1) is 0 Å². The average Bonchev–Trinajstić information content (AvgIpc) is 3.13. The van der Waals surface area contributed by atoms with E-state index in [0.717, 1.165) is 60.9 Å². The maximum atomic E-state index is 13.8. The average molecular weight is 443 g/mol. The van der Waals surface area contributed by atoms with Gasteiger partial charge < -0.3 is 10.2 Å². The first kappa shape index (κ1) is 21.6. The molecule has 2 aromatic carbocycles. The summed E-state index contributed by atoms with van der Waals surface area (Å²) >= 11 is 1.29. The molecule has 4 rings (SSSR count). The first-order valence-corrected chi connectivity index (χ1v) is 11.3. The van der Waals surface area contributed by atoms with Crippen LogP contribution in [0.5, 0.6) is 0 Å². The molecule has 2 aliphatic heterocycles. The van der Waals surface area contributed by atoms with Gasteiger partial charge in [0.15, 0.2) is 5.66 Å². The van der Waals surface area contributed by atoms with Gasteiger partial charge in [-0.3, -0.25) is 9.79 Å². The van der Waals surface area contributed by atoms with Crippen molar-refractivity contribution in [2.24, 2.45) is 9.98 Å². The summed E-state index contributed by atoms with van der Waals surface area (Å²) in [7, 11) is 0. The Morgan fingerprint density at radius 3 is 2.55 bits per heavy atom. The van der Waals surface area contributed by atoms with E-state index in [9.17, 15) is 13.6 Å². The molecule has 8 heteroatoms. The number of piperidine rings is 1. The second-order valence-electron chi connectivity index (χ2n) is 7.62. The molecule has 1 amide bonds. The van der Waals surface area contributed by atoms with Crippen LogP contribution in [0, 0.1) is 11.6 Å². The quantitative estimate of drug-likeness (QED) is 0.749. The molecule has 0 bridgehead atoms. The minimum atomic E-state index is -0.801. The number of nitrogens with zero attached hydrogens (tertiary/aromatic N) is 3.